The predicted molar refractivity (Wildman–Crippen MR) is 101 cm³/mol. The number of benzene rings is 1. The average Bonchev–Trinajstić information content (AvgIpc) is 3.12. The van der Waals surface area contributed by atoms with E-state index < -0.39 is 23.8 Å². The van der Waals surface area contributed by atoms with Crippen LogP contribution in [0, 0.1) is 6.92 Å². The van der Waals surface area contributed by atoms with Gasteiger partial charge in [-0.1, -0.05) is 11.6 Å². The molecule has 1 aromatic carbocycles. The van der Waals surface area contributed by atoms with Crippen LogP contribution in [0.1, 0.15) is 20.9 Å². The minimum absolute atomic E-state index is 0.0535. The maximum Gasteiger partial charge on any atom is 0.447 e. The van der Waals surface area contributed by atoms with Crippen molar-refractivity contribution < 1.29 is 33.0 Å². The van der Waals surface area contributed by atoms with Crippen molar-refractivity contribution >= 4 is 57.5 Å². The maximum atomic E-state index is 13.0. The highest BCUT2D eigenvalue weighted by molar-refractivity contribution is 8.02. The van der Waals surface area contributed by atoms with E-state index >= 15 is 0 Å². The fourth-order valence-corrected chi connectivity index (χ4v) is 4.89. The van der Waals surface area contributed by atoms with Crippen molar-refractivity contribution in [2.24, 2.45) is 0 Å². The van der Waals surface area contributed by atoms with Crippen LogP contribution >= 0.6 is 34.7 Å². The Hall–Kier alpha value is -2.17. The minimum Gasteiger partial charge on any atom is -0.506 e. The van der Waals surface area contributed by atoms with Crippen LogP contribution in [0.25, 0.3) is 10.9 Å². The molecule has 0 bridgehead atoms. The number of phenolic OH excluding ortho intramolecular Hbond substituents is 1. The highest BCUT2D eigenvalue weighted by Gasteiger charge is 2.31. The fourth-order valence-electron chi connectivity index (χ4n) is 2.87. The van der Waals surface area contributed by atoms with Crippen molar-refractivity contribution in [3.05, 3.63) is 45.4 Å². The van der Waals surface area contributed by atoms with Crippen molar-refractivity contribution in [1.29, 1.82) is 0 Å². The Bertz CT molecular complexity index is 1100. The van der Waals surface area contributed by atoms with Gasteiger partial charge in [-0.3, -0.25) is 14.2 Å². The first-order valence-electron chi connectivity index (χ1n) is 7.63. The summed E-state index contributed by atoms with van der Waals surface area (Å²) >= 11 is 6.50. The molecule has 2 aromatic heterocycles. The van der Waals surface area contributed by atoms with E-state index in [4.69, 9.17) is 11.6 Å². The highest BCUT2D eigenvalue weighted by Crippen LogP contribution is 2.41. The monoisotopic (exact) mass is 449 g/mol. The van der Waals surface area contributed by atoms with Gasteiger partial charge in [-0.15, -0.1) is 11.3 Å². The predicted octanol–water partition coefficient (Wildman–Crippen LogP) is 5.30. The van der Waals surface area contributed by atoms with Crippen LogP contribution in [-0.4, -0.2) is 32.2 Å². The largest absolute Gasteiger partial charge is 0.506 e. The summed E-state index contributed by atoms with van der Waals surface area (Å²) in [6, 6.07) is 5.16. The van der Waals surface area contributed by atoms with E-state index in [9.17, 15) is 33.0 Å². The molecular formula is C17H11ClF3NO4S2. The molecule has 2 N–H and O–H groups in total. The van der Waals surface area contributed by atoms with Crippen molar-refractivity contribution in [2.45, 2.75) is 23.1 Å². The first-order valence-corrected chi connectivity index (χ1v) is 9.64. The lowest BCUT2D eigenvalue weighted by Crippen LogP contribution is -2.12. The molecule has 0 aliphatic carbocycles. The van der Waals surface area contributed by atoms with Gasteiger partial charge in [-0.05, 0) is 48.5 Å². The number of carbonyl (C=O) groups is 2. The summed E-state index contributed by atoms with van der Waals surface area (Å²) in [4.78, 5) is 24.3. The second-order valence-corrected chi connectivity index (χ2v) is 8.56. The molecule has 5 nitrogen and oxygen atoms in total. The fraction of sp³-hybridized carbons (Fsp3) is 0.176. The van der Waals surface area contributed by atoms with Crippen LogP contribution in [0.5, 0.6) is 5.75 Å². The first kappa shape index (κ1) is 20.6. The molecular weight excluding hydrogens is 439 g/mol. The summed E-state index contributed by atoms with van der Waals surface area (Å²) in [5.74, 6) is -2.04. The van der Waals surface area contributed by atoms with Gasteiger partial charge in [0.2, 0.25) is 0 Å². The van der Waals surface area contributed by atoms with Crippen LogP contribution < -0.4 is 0 Å². The van der Waals surface area contributed by atoms with E-state index in [1.54, 1.807) is 0 Å². The van der Waals surface area contributed by atoms with Gasteiger partial charge in [0.1, 0.15) is 5.75 Å². The van der Waals surface area contributed by atoms with Gasteiger partial charge in [0.05, 0.1) is 26.0 Å². The van der Waals surface area contributed by atoms with Gasteiger partial charge in [0.25, 0.3) is 5.91 Å². The number of aromatic hydroxyl groups is 1. The number of nitrogens with zero attached hydrogens (tertiary/aromatic N) is 1. The molecule has 0 saturated carbocycles. The minimum atomic E-state index is -4.47. The molecule has 28 heavy (non-hydrogen) atoms. The van der Waals surface area contributed by atoms with E-state index in [2.05, 4.69) is 0 Å². The molecule has 0 atom stereocenters. The van der Waals surface area contributed by atoms with Crippen molar-refractivity contribution in [3.8, 4) is 5.75 Å². The van der Waals surface area contributed by atoms with Gasteiger partial charge < -0.3 is 10.2 Å². The Morgan fingerprint density at radius 3 is 2.54 bits per heavy atom. The van der Waals surface area contributed by atoms with Crippen molar-refractivity contribution in [3.63, 3.8) is 0 Å². The average molecular weight is 450 g/mol. The van der Waals surface area contributed by atoms with E-state index in [0.29, 0.717) is 11.3 Å². The molecule has 2 heterocycles. The quantitative estimate of drug-likeness (QED) is 0.528. The van der Waals surface area contributed by atoms with Gasteiger partial charge in [-0.2, -0.15) is 13.2 Å². The Labute approximate surface area is 169 Å². The lowest BCUT2D eigenvalue weighted by Gasteiger charge is -2.06. The number of fused-ring (bicyclic) bond motifs is 1. The third kappa shape index (κ3) is 3.85. The summed E-state index contributed by atoms with van der Waals surface area (Å²) in [6.45, 7) is 1.52. The standard InChI is InChI=1S/C17H11ClF3NO4S2/c1-7-8(6-12(24)25)14-9(2-3-10(23)15(14)18)22(7)16(26)11-4-5-13(27-11)28-17(19,20)21/h2-5,23H,6H2,1H3,(H,24,25). The number of carboxylic acid groups (broad SMARTS) is 1. The molecule has 3 rings (SSSR count). The molecule has 0 saturated heterocycles. The molecule has 11 heteroatoms. The number of carboxylic acids is 1. The number of thiophene rings is 1. The third-order valence-corrected chi connectivity index (χ3v) is 6.27. The number of alkyl halides is 3. The van der Waals surface area contributed by atoms with Crippen molar-refractivity contribution in [1.82, 2.24) is 4.57 Å². The van der Waals surface area contributed by atoms with Crippen LogP contribution in [0.2, 0.25) is 5.02 Å². The number of hydrogen-bond donors (Lipinski definition) is 2. The number of hydrogen-bond acceptors (Lipinski definition) is 5. The lowest BCUT2D eigenvalue weighted by atomic mass is 10.1. The zero-order chi connectivity index (χ0) is 20.8. The number of halogens is 4. The summed E-state index contributed by atoms with van der Waals surface area (Å²) in [7, 11) is 0. The summed E-state index contributed by atoms with van der Waals surface area (Å²) in [6.07, 6.45) is -0.439. The SMILES string of the molecule is Cc1c(CC(=O)O)c2c(Cl)c(O)ccc2n1C(=O)c1ccc(SC(F)(F)F)s1. The van der Waals surface area contributed by atoms with Gasteiger partial charge >= 0.3 is 11.5 Å². The maximum absolute atomic E-state index is 13.0. The lowest BCUT2D eigenvalue weighted by molar-refractivity contribution is -0.136. The zero-order valence-corrected chi connectivity index (χ0v) is 16.4. The number of aromatic nitrogens is 1. The second kappa shape index (κ2) is 7.34. The molecule has 0 unspecified atom stereocenters. The Morgan fingerprint density at radius 2 is 1.93 bits per heavy atom. The first-order chi connectivity index (χ1) is 13.0. The number of phenols is 1. The normalized spacial score (nSPS) is 11.9. The van der Waals surface area contributed by atoms with Crippen LogP contribution in [0.4, 0.5) is 13.2 Å². The molecule has 0 aliphatic heterocycles. The highest BCUT2D eigenvalue weighted by atomic mass is 35.5. The third-order valence-electron chi connectivity index (χ3n) is 3.95. The van der Waals surface area contributed by atoms with Crippen molar-refractivity contribution in [2.75, 3.05) is 0 Å². The Kier molecular flexibility index (Phi) is 5.39. The summed E-state index contributed by atoms with van der Waals surface area (Å²) in [5.41, 5.74) is -3.67. The van der Waals surface area contributed by atoms with E-state index in [-0.39, 0.29) is 53.8 Å². The van der Waals surface area contributed by atoms with E-state index in [1.807, 2.05) is 0 Å². The summed E-state index contributed by atoms with van der Waals surface area (Å²) in [5, 5.41) is 19.2. The Balaban J connectivity index is 2.15. The molecule has 148 valence electrons. The Morgan fingerprint density at radius 1 is 1.25 bits per heavy atom. The number of rotatable bonds is 4. The molecule has 0 aliphatic rings. The molecule has 0 amide bonds. The number of carbonyl (C=O) groups excluding carboxylic acids is 1. The second-order valence-electron chi connectivity index (χ2n) is 5.73. The van der Waals surface area contributed by atoms with Gasteiger partial charge in [0, 0.05) is 11.1 Å². The molecule has 3 aromatic rings. The van der Waals surface area contributed by atoms with E-state index in [0.717, 1.165) is 0 Å². The smallest absolute Gasteiger partial charge is 0.447 e. The number of aliphatic carboxylic acids is 1. The van der Waals surface area contributed by atoms with Gasteiger partial charge in [-0.25, -0.2) is 0 Å². The number of thioether (sulfide) groups is 1. The van der Waals surface area contributed by atoms with Crippen LogP contribution in [0.3, 0.4) is 0 Å². The molecule has 0 radical (unpaired) electrons. The topological polar surface area (TPSA) is 79.5 Å². The van der Waals surface area contributed by atoms with Gasteiger partial charge in [0.15, 0.2) is 0 Å². The molecule has 0 fully saturated rings. The van der Waals surface area contributed by atoms with Crippen LogP contribution in [-0.2, 0) is 11.2 Å². The zero-order valence-electron chi connectivity index (χ0n) is 14.0. The van der Waals surface area contributed by atoms with Crippen LogP contribution in [0.15, 0.2) is 28.5 Å². The summed E-state index contributed by atoms with van der Waals surface area (Å²) < 4.78 is 38.7. The molecule has 0 spiro atoms. The van der Waals surface area contributed by atoms with E-state index in [1.165, 1.54) is 35.8 Å².